The summed E-state index contributed by atoms with van der Waals surface area (Å²) < 4.78 is 3.02. The van der Waals surface area contributed by atoms with E-state index in [0.29, 0.717) is 17.0 Å². The first-order valence-corrected chi connectivity index (χ1v) is 8.87. The van der Waals surface area contributed by atoms with Gasteiger partial charge in [-0.25, -0.2) is 9.36 Å². The van der Waals surface area contributed by atoms with Gasteiger partial charge in [-0.05, 0) is 36.3 Å². The van der Waals surface area contributed by atoms with Gasteiger partial charge in [0.25, 0.3) is 0 Å². The lowest BCUT2D eigenvalue weighted by Crippen LogP contribution is -2.24. The minimum absolute atomic E-state index is 0.205. The van der Waals surface area contributed by atoms with Crippen LogP contribution >= 0.6 is 12.2 Å². The number of aryl methyl sites for hydroxylation is 1. The monoisotopic (exact) mass is 373 g/mol. The van der Waals surface area contributed by atoms with Gasteiger partial charge in [-0.1, -0.05) is 49.4 Å². The fourth-order valence-corrected chi connectivity index (χ4v) is 3.34. The summed E-state index contributed by atoms with van der Waals surface area (Å²) in [4.78, 5) is 15.5. The summed E-state index contributed by atoms with van der Waals surface area (Å²) in [5, 5.41) is 14.1. The molecule has 2 aromatic heterocycles. The highest BCUT2D eigenvalue weighted by Crippen LogP contribution is 2.24. The lowest BCUT2D eigenvalue weighted by molar-refractivity contribution is 0.779. The summed E-state index contributed by atoms with van der Waals surface area (Å²) in [6.45, 7) is 2.07. The number of nitrogens with one attached hydrogen (secondary N) is 1. The summed E-state index contributed by atoms with van der Waals surface area (Å²) in [5.74, 6) is 0. The molecule has 0 fully saturated rings. The zero-order valence-electron chi connectivity index (χ0n) is 14.5. The number of H-pyrrole nitrogens is 1. The van der Waals surface area contributed by atoms with Crippen LogP contribution in [0.2, 0.25) is 0 Å². The Morgan fingerprint density at radius 3 is 2.48 bits per heavy atom. The molecule has 0 aliphatic rings. The third-order valence-corrected chi connectivity index (χ3v) is 4.80. The van der Waals surface area contributed by atoms with Gasteiger partial charge < -0.3 is 0 Å². The van der Waals surface area contributed by atoms with E-state index in [1.165, 1.54) is 14.6 Å². The van der Waals surface area contributed by atoms with E-state index in [1.807, 2.05) is 54.6 Å². The van der Waals surface area contributed by atoms with Crippen molar-refractivity contribution in [3.05, 3.63) is 81.0 Å². The molecule has 27 heavy (non-hydrogen) atoms. The van der Waals surface area contributed by atoms with Crippen LogP contribution in [0, 0.1) is 16.1 Å². The van der Waals surface area contributed by atoms with E-state index in [9.17, 15) is 10.1 Å². The minimum atomic E-state index is -0.409. The molecule has 0 bridgehead atoms. The molecule has 2 aromatic carbocycles. The largest absolute Gasteiger partial charge is 0.334 e. The van der Waals surface area contributed by atoms with Gasteiger partial charge in [0.1, 0.15) is 17.3 Å². The Hall–Kier alpha value is -3.50. The van der Waals surface area contributed by atoms with Crippen LogP contribution in [0.5, 0.6) is 0 Å². The number of benzene rings is 2. The molecule has 0 atom stereocenters. The normalized spacial score (nSPS) is 10.8. The number of hydrogen-bond acceptors (Lipinski definition) is 4. The molecular weight excluding hydrogens is 358 g/mol. The average molecular weight is 373 g/mol. The first-order valence-electron chi connectivity index (χ1n) is 8.47. The number of aromatic nitrogens is 4. The van der Waals surface area contributed by atoms with Crippen molar-refractivity contribution in [3.63, 3.8) is 0 Å². The van der Waals surface area contributed by atoms with E-state index in [2.05, 4.69) is 23.1 Å². The van der Waals surface area contributed by atoms with Crippen molar-refractivity contribution in [2.75, 3.05) is 0 Å². The first kappa shape index (κ1) is 16.9. The summed E-state index contributed by atoms with van der Waals surface area (Å²) in [6.07, 6.45) is 0.909. The van der Waals surface area contributed by atoms with Crippen molar-refractivity contribution >= 4 is 17.9 Å². The lowest BCUT2D eigenvalue weighted by Gasteiger charge is -2.07. The molecule has 1 N–H and O–H groups in total. The van der Waals surface area contributed by atoms with Gasteiger partial charge in [0.2, 0.25) is 4.77 Å². The summed E-state index contributed by atoms with van der Waals surface area (Å²) in [6, 6.07) is 19.1. The Balaban J connectivity index is 2.01. The van der Waals surface area contributed by atoms with Gasteiger partial charge in [-0.3, -0.25) is 4.98 Å². The average Bonchev–Trinajstić information content (AvgIpc) is 3.08. The van der Waals surface area contributed by atoms with Crippen LogP contribution in [0.15, 0.2) is 59.4 Å². The second-order valence-corrected chi connectivity index (χ2v) is 6.40. The smallest absolute Gasteiger partial charge is 0.290 e. The van der Waals surface area contributed by atoms with Crippen LogP contribution in [-0.4, -0.2) is 19.2 Å². The van der Waals surface area contributed by atoms with Gasteiger partial charge in [-0.2, -0.15) is 14.9 Å². The number of rotatable bonds is 3. The van der Waals surface area contributed by atoms with Crippen molar-refractivity contribution in [3.8, 4) is 23.0 Å². The van der Waals surface area contributed by atoms with Gasteiger partial charge >= 0.3 is 5.69 Å². The van der Waals surface area contributed by atoms with Crippen molar-refractivity contribution in [2.45, 2.75) is 13.3 Å². The zero-order valence-corrected chi connectivity index (χ0v) is 15.3. The van der Waals surface area contributed by atoms with Crippen LogP contribution in [0.4, 0.5) is 0 Å². The molecule has 0 saturated heterocycles. The fraction of sp³-hybridized carbons (Fsp3) is 0.100. The van der Waals surface area contributed by atoms with Crippen LogP contribution in [0.25, 0.3) is 22.6 Å². The number of nitriles is 1. The maximum atomic E-state index is 12.7. The summed E-state index contributed by atoms with van der Waals surface area (Å²) in [7, 11) is 0. The Morgan fingerprint density at radius 1 is 1.15 bits per heavy atom. The Morgan fingerprint density at radius 2 is 1.85 bits per heavy atom. The molecule has 0 amide bonds. The molecule has 6 nitrogen and oxygen atoms in total. The predicted octanol–water partition coefficient (Wildman–Crippen LogP) is 3.64. The van der Waals surface area contributed by atoms with E-state index < -0.39 is 5.69 Å². The van der Waals surface area contributed by atoms with Gasteiger partial charge in [0.05, 0.1) is 5.69 Å². The second kappa shape index (κ2) is 6.67. The summed E-state index contributed by atoms with van der Waals surface area (Å²) in [5.41, 5.74) is 3.26. The molecule has 0 radical (unpaired) electrons. The zero-order chi connectivity index (χ0) is 19.0. The molecule has 4 aromatic rings. The molecule has 0 aliphatic heterocycles. The highest BCUT2D eigenvalue weighted by molar-refractivity contribution is 7.71. The molecule has 0 saturated carbocycles. The molecule has 0 aliphatic carbocycles. The highest BCUT2D eigenvalue weighted by Gasteiger charge is 2.18. The maximum absolute atomic E-state index is 12.7. The number of hydrogen-bond donors (Lipinski definition) is 1. The van der Waals surface area contributed by atoms with Crippen LogP contribution in [-0.2, 0) is 6.42 Å². The maximum Gasteiger partial charge on any atom is 0.334 e. The molecule has 7 heteroatoms. The third-order valence-electron chi connectivity index (χ3n) is 4.45. The van der Waals surface area contributed by atoms with Crippen LogP contribution in [0.3, 0.4) is 0 Å². The van der Waals surface area contributed by atoms with Crippen LogP contribution in [0.1, 0.15) is 18.1 Å². The van der Waals surface area contributed by atoms with E-state index in [0.717, 1.165) is 12.0 Å². The molecule has 132 valence electrons. The third kappa shape index (κ3) is 2.76. The molecule has 4 rings (SSSR count). The standard InChI is InChI=1S/C20H15N5OS/c1-2-13-8-10-15(11-9-13)24-19(26)22-18-16(12-21)17(23-25(18)20(24)27)14-6-4-3-5-7-14/h3-11H,2H2,1H3,(H,22,26). The van der Waals surface area contributed by atoms with E-state index in [-0.39, 0.29) is 10.3 Å². The Labute approximate surface area is 160 Å². The van der Waals surface area contributed by atoms with Gasteiger partial charge in [0.15, 0.2) is 5.65 Å². The number of aromatic amines is 1. The SMILES string of the molecule is CCc1ccc(-n2c(=O)[nH]c3c(C#N)c(-c4ccccc4)nn3c2=S)cc1. The topological polar surface area (TPSA) is 78.9 Å². The summed E-state index contributed by atoms with van der Waals surface area (Å²) >= 11 is 5.53. The molecular formula is C20H15N5OS. The van der Waals surface area contributed by atoms with E-state index in [4.69, 9.17) is 12.2 Å². The van der Waals surface area contributed by atoms with Crippen molar-refractivity contribution in [1.29, 1.82) is 5.26 Å². The highest BCUT2D eigenvalue weighted by atomic mass is 32.1. The Kier molecular flexibility index (Phi) is 4.18. The van der Waals surface area contributed by atoms with E-state index >= 15 is 0 Å². The molecule has 0 spiro atoms. The molecule has 2 heterocycles. The number of nitrogens with zero attached hydrogens (tertiary/aromatic N) is 4. The minimum Gasteiger partial charge on any atom is -0.290 e. The van der Waals surface area contributed by atoms with Gasteiger partial charge in [0, 0.05) is 5.56 Å². The molecule has 0 unspecified atom stereocenters. The van der Waals surface area contributed by atoms with Crippen molar-refractivity contribution in [1.82, 2.24) is 19.2 Å². The van der Waals surface area contributed by atoms with Gasteiger partial charge in [-0.15, -0.1) is 0 Å². The van der Waals surface area contributed by atoms with Crippen molar-refractivity contribution < 1.29 is 0 Å². The first-order chi connectivity index (χ1) is 13.1. The van der Waals surface area contributed by atoms with E-state index in [1.54, 1.807) is 0 Å². The fourth-order valence-electron chi connectivity index (χ4n) is 3.02. The Bertz CT molecular complexity index is 1290. The predicted molar refractivity (Wildman–Crippen MR) is 106 cm³/mol. The lowest BCUT2D eigenvalue weighted by atomic mass is 10.1. The second-order valence-electron chi connectivity index (χ2n) is 6.03. The van der Waals surface area contributed by atoms with Crippen molar-refractivity contribution in [2.24, 2.45) is 0 Å². The van der Waals surface area contributed by atoms with Crippen LogP contribution < -0.4 is 5.69 Å². The quantitative estimate of drug-likeness (QED) is 0.556. The number of fused-ring (bicyclic) bond motifs is 1.